The SMILES string of the molecule is CCCCC(C#N)(c1ccc(Cl)cc1)c1ccc(N/N=C(\C#N)C(=O)N(CC)C(=O)O)cc1Cl. The number of carbonyl (C=O) groups is 2. The summed E-state index contributed by atoms with van der Waals surface area (Å²) in [5.41, 5.74) is 2.65. The number of hydrogen-bond donors (Lipinski definition) is 2. The Kier molecular flexibility index (Phi) is 9.44. The van der Waals surface area contributed by atoms with E-state index in [9.17, 15) is 20.1 Å². The van der Waals surface area contributed by atoms with Crippen LogP contribution in [0.2, 0.25) is 10.0 Å². The number of nitriles is 2. The minimum Gasteiger partial charge on any atom is -0.465 e. The van der Waals surface area contributed by atoms with Gasteiger partial charge in [-0.25, -0.2) is 9.69 Å². The molecule has 0 aliphatic heterocycles. The standard InChI is InChI=1S/C24H23Cl2N5O3/c1-3-5-12-24(15-28,16-6-8-17(25)9-7-16)19-11-10-18(13-20(19)26)29-30-21(14-27)22(32)31(4-2)23(33)34/h6-11,13,29H,3-5,12H2,1-2H3,(H,33,34)/b30-21+. The van der Waals surface area contributed by atoms with Crippen LogP contribution in [0.1, 0.15) is 44.2 Å². The van der Waals surface area contributed by atoms with Gasteiger partial charge in [-0.3, -0.25) is 10.2 Å². The van der Waals surface area contributed by atoms with Crippen LogP contribution in [0.4, 0.5) is 10.5 Å². The van der Waals surface area contributed by atoms with Gasteiger partial charge >= 0.3 is 6.09 Å². The Morgan fingerprint density at radius 2 is 1.82 bits per heavy atom. The topological polar surface area (TPSA) is 130 Å². The normalized spacial score (nSPS) is 12.7. The highest BCUT2D eigenvalue weighted by atomic mass is 35.5. The van der Waals surface area contributed by atoms with Crippen molar-refractivity contribution in [3.05, 3.63) is 63.6 Å². The number of carbonyl (C=O) groups excluding carboxylic acids is 1. The second kappa shape index (κ2) is 12.0. The summed E-state index contributed by atoms with van der Waals surface area (Å²) in [5, 5.41) is 33.2. The quantitative estimate of drug-likeness (QED) is 0.330. The summed E-state index contributed by atoms with van der Waals surface area (Å²) >= 11 is 12.6. The fourth-order valence-electron chi connectivity index (χ4n) is 3.46. The first-order valence-corrected chi connectivity index (χ1v) is 11.3. The van der Waals surface area contributed by atoms with Crippen LogP contribution in [0, 0.1) is 22.7 Å². The number of carboxylic acid groups (broad SMARTS) is 1. The van der Waals surface area contributed by atoms with Crippen molar-refractivity contribution in [2.45, 2.75) is 38.5 Å². The first kappa shape index (κ1) is 26.7. The summed E-state index contributed by atoms with van der Waals surface area (Å²) in [6.45, 7) is 3.37. The van der Waals surface area contributed by atoms with Gasteiger partial charge in [0, 0.05) is 16.6 Å². The Morgan fingerprint density at radius 1 is 1.15 bits per heavy atom. The first-order chi connectivity index (χ1) is 16.2. The molecule has 2 aromatic rings. The molecule has 0 aliphatic carbocycles. The van der Waals surface area contributed by atoms with Crippen LogP contribution in [-0.4, -0.2) is 34.3 Å². The molecule has 8 nitrogen and oxygen atoms in total. The van der Waals surface area contributed by atoms with E-state index in [2.05, 4.69) is 16.6 Å². The molecule has 0 saturated carbocycles. The van der Waals surface area contributed by atoms with E-state index in [4.69, 9.17) is 28.3 Å². The number of benzene rings is 2. The van der Waals surface area contributed by atoms with E-state index in [-0.39, 0.29) is 6.54 Å². The average Bonchev–Trinajstić information content (AvgIpc) is 2.82. The Balaban J connectivity index is 2.43. The number of nitrogens with zero attached hydrogens (tertiary/aromatic N) is 4. The van der Waals surface area contributed by atoms with E-state index >= 15 is 0 Å². The van der Waals surface area contributed by atoms with Crippen molar-refractivity contribution >= 4 is 46.6 Å². The molecule has 34 heavy (non-hydrogen) atoms. The Labute approximate surface area is 208 Å². The lowest BCUT2D eigenvalue weighted by Crippen LogP contribution is -2.40. The summed E-state index contributed by atoms with van der Waals surface area (Å²) in [7, 11) is 0. The summed E-state index contributed by atoms with van der Waals surface area (Å²) in [5.74, 6) is -1.04. The zero-order chi connectivity index (χ0) is 25.3. The molecule has 0 aromatic heterocycles. The largest absolute Gasteiger partial charge is 0.465 e. The van der Waals surface area contributed by atoms with Crippen molar-refractivity contribution in [3.63, 3.8) is 0 Å². The van der Waals surface area contributed by atoms with E-state index in [1.54, 1.807) is 42.5 Å². The zero-order valence-corrected chi connectivity index (χ0v) is 20.2. The maximum atomic E-state index is 12.2. The maximum Gasteiger partial charge on any atom is 0.414 e. The molecule has 1 atom stereocenters. The van der Waals surface area contributed by atoms with Gasteiger partial charge in [-0.15, -0.1) is 0 Å². The van der Waals surface area contributed by atoms with E-state index in [1.807, 2.05) is 6.92 Å². The zero-order valence-electron chi connectivity index (χ0n) is 18.7. The van der Waals surface area contributed by atoms with Gasteiger partial charge in [-0.05, 0) is 48.7 Å². The van der Waals surface area contributed by atoms with Crippen LogP contribution in [0.5, 0.6) is 0 Å². The summed E-state index contributed by atoms with van der Waals surface area (Å²) in [6, 6.07) is 15.9. The highest BCUT2D eigenvalue weighted by molar-refractivity contribution is 6.46. The number of anilines is 1. The molecule has 176 valence electrons. The molecule has 0 bridgehead atoms. The number of unbranched alkanes of at least 4 members (excludes halogenated alkanes) is 1. The van der Waals surface area contributed by atoms with Crippen LogP contribution in [-0.2, 0) is 10.2 Å². The Hall–Kier alpha value is -3.59. The highest BCUT2D eigenvalue weighted by Crippen LogP contribution is 2.41. The molecule has 2 aromatic carbocycles. The Morgan fingerprint density at radius 3 is 2.32 bits per heavy atom. The monoisotopic (exact) mass is 499 g/mol. The number of amides is 2. The molecule has 10 heteroatoms. The average molecular weight is 500 g/mol. The van der Waals surface area contributed by atoms with Gasteiger partial charge < -0.3 is 5.11 Å². The molecular formula is C24H23Cl2N5O3. The van der Waals surface area contributed by atoms with E-state index in [0.29, 0.717) is 32.6 Å². The molecule has 0 radical (unpaired) electrons. The van der Waals surface area contributed by atoms with Crippen molar-refractivity contribution in [2.75, 3.05) is 12.0 Å². The molecule has 1 unspecified atom stereocenters. The summed E-state index contributed by atoms with van der Waals surface area (Å²) in [4.78, 5) is 23.8. The minimum atomic E-state index is -1.48. The molecule has 0 heterocycles. The molecule has 2 N–H and O–H groups in total. The molecule has 2 amide bonds. The number of hydrogen-bond acceptors (Lipinski definition) is 6. The molecule has 0 aliphatic rings. The van der Waals surface area contributed by atoms with Gasteiger partial charge in [0.2, 0.25) is 5.71 Å². The number of rotatable bonds is 9. The number of imide groups is 1. The summed E-state index contributed by atoms with van der Waals surface area (Å²) < 4.78 is 0. The van der Waals surface area contributed by atoms with Gasteiger partial charge in [0.05, 0.1) is 11.8 Å². The molecule has 2 rings (SSSR count). The fraction of sp³-hybridized carbons (Fsp3) is 0.292. The van der Waals surface area contributed by atoms with Crippen LogP contribution in [0.25, 0.3) is 0 Å². The second-order valence-electron chi connectivity index (χ2n) is 7.34. The lowest BCUT2D eigenvalue weighted by molar-refractivity contribution is -0.121. The summed E-state index contributed by atoms with van der Waals surface area (Å²) in [6.07, 6.45) is 0.743. The molecule has 0 saturated heterocycles. The predicted molar refractivity (Wildman–Crippen MR) is 131 cm³/mol. The van der Waals surface area contributed by atoms with Gasteiger partial charge in [-0.1, -0.05) is 61.2 Å². The third-order valence-electron chi connectivity index (χ3n) is 5.26. The Bertz CT molecular complexity index is 1170. The van der Waals surface area contributed by atoms with E-state index in [1.165, 1.54) is 13.0 Å². The number of hydrazone groups is 1. The van der Waals surface area contributed by atoms with Crippen molar-refractivity contribution in [3.8, 4) is 12.1 Å². The second-order valence-corrected chi connectivity index (χ2v) is 8.18. The smallest absolute Gasteiger partial charge is 0.414 e. The van der Waals surface area contributed by atoms with Crippen LogP contribution in [0.15, 0.2) is 47.6 Å². The lowest BCUT2D eigenvalue weighted by Gasteiger charge is -2.29. The predicted octanol–water partition coefficient (Wildman–Crippen LogP) is 5.81. The minimum absolute atomic E-state index is 0.131. The van der Waals surface area contributed by atoms with E-state index < -0.39 is 23.1 Å². The number of halogens is 2. The van der Waals surface area contributed by atoms with Crippen molar-refractivity contribution in [1.82, 2.24) is 4.90 Å². The van der Waals surface area contributed by atoms with Gasteiger partial charge in [0.25, 0.3) is 5.91 Å². The van der Waals surface area contributed by atoms with Gasteiger partial charge in [0.15, 0.2) is 0 Å². The number of nitrogens with one attached hydrogen (secondary N) is 1. The maximum absolute atomic E-state index is 12.2. The lowest BCUT2D eigenvalue weighted by atomic mass is 9.72. The first-order valence-electron chi connectivity index (χ1n) is 10.5. The van der Waals surface area contributed by atoms with E-state index in [0.717, 1.165) is 18.4 Å². The van der Waals surface area contributed by atoms with Crippen LogP contribution < -0.4 is 5.43 Å². The molecular weight excluding hydrogens is 477 g/mol. The molecule has 0 spiro atoms. The third-order valence-corrected chi connectivity index (χ3v) is 5.82. The van der Waals surface area contributed by atoms with Crippen molar-refractivity contribution in [2.24, 2.45) is 5.10 Å². The van der Waals surface area contributed by atoms with Crippen LogP contribution in [0.3, 0.4) is 0 Å². The van der Waals surface area contributed by atoms with Gasteiger partial charge in [0.1, 0.15) is 11.5 Å². The van der Waals surface area contributed by atoms with Gasteiger partial charge in [-0.2, -0.15) is 15.6 Å². The fourth-order valence-corrected chi connectivity index (χ4v) is 3.92. The third kappa shape index (κ3) is 5.85. The van der Waals surface area contributed by atoms with Crippen LogP contribution >= 0.6 is 23.2 Å². The van der Waals surface area contributed by atoms with Crippen molar-refractivity contribution < 1.29 is 14.7 Å². The molecule has 0 fully saturated rings. The highest BCUT2D eigenvalue weighted by Gasteiger charge is 2.36. The van der Waals surface area contributed by atoms with Crippen molar-refractivity contribution in [1.29, 1.82) is 10.5 Å².